The third-order valence-electron chi connectivity index (χ3n) is 7.88. The van der Waals surface area contributed by atoms with Gasteiger partial charge in [-0.25, -0.2) is 8.78 Å². The van der Waals surface area contributed by atoms with Crippen LogP contribution in [0.25, 0.3) is 0 Å². The van der Waals surface area contributed by atoms with E-state index < -0.39 is 23.8 Å². The molecule has 3 aromatic rings. The maximum absolute atomic E-state index is 14.1. The fourth-order valence-electron chi connectivity index (χ4n) is 5.44. The molecule has 4 rings (SSSR count). The Hall–Kier alpha value is -3.62. The monoisotopic (exact) mass is 591 g/mol. The third kappa shape index (κ3) is 9.18. The van der Waals surface area contributed by atoms with Crippen molar-refractivity contribution in [2.24, 2.45) is 11.7 Å². The van der Waals surface area contributed by atoms with Gasteiger partial charge in [-0.05, 0) is 97.5 Å². The Morgan fingerprint density at radius 2 is 1.53 bits per heavy atom. The molecule has 0 bridgehead atoms. The molecule has 6 nitrogen and oxygen atoms in total. The summed E-state index contributed by atoms with van der Waals surface area (Å²) in [6.45, 7) is 7.45. The zero-order valence-electron chi connectivity index (χ0n) is 25.4. The van der Waals surface area contributed by atoms with Crippen LogP contribution in [-0.2, 0) is 19.4 Å². The van der Waals surface area contributed by atoms with E-state index in [1.807, 2.05) is 49.1 Å². The van der Waals surface area contributed by atoms with Gasteiger partial charge in [-0.3, -0.25) is 9.59 Å². The lowest BCUT2D eigenvalue weighted by Crippen LogP contribution is -2.46. The smallest absolute Gasteiger partial charge is 0.254 e. The van der Waals surface area contributed by atoms with Crippen molar-refractivity contribution in [2.45, 2.75) is 71.6 Å². The maximum Gasteiger partial charge on any atom is 0.254 e. The van der Waals surface area contributed by atoms with E-state index in [2.05, 4.69) is 6.92 Å². The van der Waals surface area contributed by atoms with E-state index in [-0.39, 0.29) is 31.3 Å². The summed E-state index contributed by atoms with van der Waals surface area (Å²) >= 11 is 0. The number of carbonyl (C=O) groups is 2. The lowest BCUT2D eigenvalue weighted by molar-refractivity contribution is 0.0554. The average molecular weight is 592 g/mol. The van der Waals surface area contributed by atoms with Gasteiger partial charge in [0.15, 0.2) is 0 Å². The summed E-state index contributed by atoms with van der Waals surface area (Å²) in [5.41, 5.74) is 10.2. The number of hydrogen-bond donors (Lipinski definition) is 2. The van der Waals surface area contributed by atoms with E-state index in [1.165, 1.54) is 17.0 Å². The Morgan fingerprint density at radius 3 is 2.14 bits per heavy atom. The molecule has 2 amide bonds. The Bertz CT molecular complexity index is 1400. The first-order valence-corrected chi connectivity index (χ1v) is 15.2. The summed E-state index contributed by atoms with van der Waals surface area (Å²) in [5, 5.41) is 11.1. The molecule has 3 aromatic carbocycles. The molecule has 2 atom stereocenters. The fourth-order valence-corrected chi connectivity index (χ4v) is 5.44. The van der Waals surface area contributed by atoms with Crippen molar-refractivity contribution in [3.63, 3.8) is 0 Å². The molecule has 0 radical (unpaired) electrons. The quantitative estimate of drug-likeness (QED) is 0.253. The van der Waals surface area contributed by atoms with Gasteiger partial charge >= 0.3 is 0 Å². The minimum atomic E-state index is -1.17. The van der Waals surface area contributed by atoms with Crippen molar-refractivity contribution < 1.29 is 23.5 Å². The summed E-state index contributed by atoms with van der Waals surface area (Å²) in [7, 11) is 0. The van der Waals surface area contributed by atoms with Gasteiger partial charge in [0, 0.05) is 49.4 Å². The van der Waals surface area contributed by atoms with E-state index in [1.54, 1.807) is 12.1 Å². The van der Waals surface area contributed by atoms with Gasteiger partial charge in [0.2, 0.25) is 0 Å². The molecule has 3 N–H and O–H groups in total. The van der Waals surface area contributed by atoms with Crippen LogP contribution in [0, 0.1) is 24.5 Å². The Kier molecular flexibility index (Phi) is 11.0. The molecule has 0 aromatic heterocycles. The SMILES string of the molecule is CCCN(CC1CC1)C(=O)c1cc(C)cc(C(=O)N(Cc2cccc(CC)c2)C[C@@H](O)[C@@H](N)Cc2cc(F)cc(F)c2)c1. The molecule has 0 spiro atoms. The van der Waals surface area contributed by atoms with Crippen LogP contribution in [0.1, 0.15) is 76.1 Å². The number of rotatable bonds is 14. The van der Waals surface area contributed by atoms with E-state index in [4.69, 9.17) is 5.73 Å². The topological polar surface area (TPSA) is 86.9 Å². The molecule has 0 aliphatic heterocycles. The molecule has 0 saturated heterocycles. The molecule has 8 heteroatoms. The number of aryl methyl sites for hydroxylation is 2. The van der Waals surface area contributed by atoms with Crippen molar-refractivity contribution in [3.8, 4) is 0 Å². The molecule has 230 valence electrons. The fraction of sp³-hybridized carbons (Fsp3) is 0.429. The standard InChI is InChI=1S/C35H43F2N3O3/c1-4-11-39(20-25-9-10-25)34(42)28-12-23(3)13-29(18-28)35(43)40(21-26-8-6-7-24(5-2)14-26)22-33(41)32(38)17-27-15-30(36)19-31(37)16-27/h6-8,12-16,18-19,25,32-33,41H,4-5,9-11,17,20-22,38H2,1-3H3/t32-,33+/m0/s1. The second-order valence-corrected chi connectivity index (χ2v) is 11.9. The highest BCUT2D eigenvalue weighted by atomic mass is 19.1. The van der Waals surface area contributed by atoms with Crippen LogP contribution in [0.15, 0.2) is 60.7 Å². The number of hydrogen-bond acceptors (Lipinski definition) is 4. The van der Waals surface area contributed by atoms with E-state index in [0.717, 1.165) is 55.0 Å². The molecule has 1 saturated carbocycles. The summed E-state index contributed by atoms with van der Waals surface area (Å²) in [6, 6.07) is 15.4. The molecule has 43 heavy (non-hydrogen) atoms. The molecular weight excluding hydrogens is 548 g/mol. The summed E-state index contributed by atoms with van der Waals surface area (Å²) in [4.78, 5) is 31.0. The number of halogens is 2. The number of amides is 2. The Labute approximate surface area is 253 Å². The molecule has 1 fully saturated rings. The first-order chi connectivity index (χ1) is 20.6. The van der Waals surface area contributed by atoms with Crippen molar-refractivity contribution >= 4 is 11.8 Å². The van der Waals surface area contributed by atoms with Gasteiger partial charge in [-0.1, -0.05) is 38.1 Å². The van der Waals surface area contributed by atoms with Gasteiger partial charge in [-0.2, -0.15) is 0 Å². The number of nitrogens with zero attached hydrogens (tertiary/aromatic N) is 2. The lowest BCUT2D eigenvalue weighted by atomic mass is 10.00. The Balaban J connectivity index is 1.59. The van der Waals surface area contributed by atoms with Crippen LogP contribution in [0.2, 0.25) is 0 Å². The number of nitrogens with two attached hydrogens (primary N) is 1. The van der Waals surface area contributed by atoms with E-state index >= 15 is 0 Å². The predicted octanol–water partition coefficient (Wildman–Crippen LogP) is 5.67. The second kappa shape index (κ2) is 14.7. The van der Waals surface area contributed by atoms with Crippen LogP contribution in [-0.4, -0.2) is 58.5 Å². The normalized spacial score (nSPS) is 14.3. The molecule has 1 aliphatic rings. The maximum atomic E-state index is 14.1. The van der Waals surface area contributed by atoms with Gasteiger partial charge in [0.1, 0.15) is 11.6 Å². The third-order valence-corrected chi connectivity index (χ3v) is 7.88. The van der Waals surface area contributed by atoms with Gasteiger partial charge < -0.3 is 20.6 Å². The summed E-state index contributed by atoms with van der Waals surface area (Å²) in [5.74, 6) is -1.32. The van der Waals surface area contributed by atoms with Gasteiger partial charge in [-0.15, -0.1) is 0 Å². The number of benzene rings is 3. The zero-order chi connectivity index (χ0) is 31.1. The molecule has 1 aliphatic carbocycles. The van der Waals surface area contributed by atoms with Crippen LogP contribution in [0.3, 0.4) is 0 Å². The molecule has 0 heterocycles. The van der Waals surface area contributed by atoms with Crippen LogP contribution < -0.4 is 5.73 Å². The number of aliphatic hydroxyl groups is 1. The predicted molar refractivity (Wildman–Crippen MR) is 165 cm³/mol. The highest BCUT2D eigenvalue weighted by Crippen LogP contribution is 2.30. The minimum absolute atomic E-state index is 0.0283. The minimum Gasteiger partial charge on any atom is -0.390 e. The van der Waals surface area contributed by atoms with Crippen molar-refractivity contribution in [1.29, 1.82) is 0 Å². The largest absolute Gasteiger partial charge is 0.390 e. The highest BCUT2D eigenvalue weighted by Gasteiger charge is 2.28. The first kappa shape index (κ1) is 32.3. The van der Waals surface area contributed by atoms with E-state index in [9.17, 15) is 23.5 Å². The van der Waals surface area contributed by atoms with Crippen LogP contribution in [0.5, 0.6) is 0 Å². The number of carbonyl (C=O) groups excluding carboxylic acids is 2. The number of aliphatic hydroxyl groups excluding tert-OH is 1. The molecule has 0 unspecified atom stereocenters. The highest BCUT2D eigenvalue weighted by molar-refractivity contribution is 6.00. The van der Waals surface area contributed by atoms with Gasteiger partial charge in [0.25, 0.3) is 11.8 Å². The van der Waals surface area contributed by atoms with Crippen molar-refractivity contribution in [1.82, 2.24) is 9.80 Å². The summed E-state index contributed by atoms with van der Waals surface area (Å²) in [6.07, 6.45) is 2.81. The van der Waals surface area contributed by atoms with Crippen LogP contribution in [0.4, 0.5) is 8.78 Å². The first-order valence-electron chi connectivity index (χ1n) is 15.2. The van der Waals surface area contributed by atoms with E-state index in [0.29, 0.717) is 29.2 Å². The lowest BCUT2D eigenvalue weighted by Gasteiger charge is -2.29. The Morgan fingerprint density at radius 1 is 0.907 bits per heavy atom. The molecular formula is C35H43F2N3O3. The second-order valence-electron chi connectivity index (χ2n) is 11.9. The van der Waals surface area contributed by atoms with Crippen molar-refractivity contribution in [2.75, 3.05) is 19.6 Å². The summed E-state index contributed by atoms with van der Waals surface area (Å²) < 4.78 is 27.5. The van der Waals surface area contributed by atoms with Crippen LogP contribution >= 0.6 is 0 Å². The zero-order valence-corrected chi connectivity index (χ0v) is 25.4. The average Bonchev–Trinajstić information content (AvgIpc) is 3.79. The van der Waals surface area contributed by atoms with Gasteiger partial charge in [0.05, 0.1) is 6.10 Å². The van der Waals surface area contributed by atoms with Crippen molar-refractivity contribution in [3.05, 3.63) is 106 Å².